The number of nitrogens with one attached hydrogen (secondary N) is 1. The fourth-order valence-electron chi connectivity index (χ4n) is 2.24. The van der Waals surface area contributed by atoms with Crippen LogP contribution < -0.4 is 5.32 Å². The number of rotatable bonds is 12. The van der Waals surface area contributed by atoms with Gasteiger partial charge < -0.3 is 10.1 Å². The minimum Gasteiger partial charge on any atom is -0.458 e. The SMILES string of the molecule is CCCCCCC(C)(CCCC)OC(=O)CNCC. The lowest BCUT2D eigenvalue weighted by atomic mass is 9.92. The quantitative estimate of drug-likeness (QED) is 0.430. The molecule has 0 spiro atoms. The van der Waals surface area contributed by atoms with E-state index in [1.807, 2.05) is 6.92 Å². The molecular formula is C16H33NO2. The largest absolute Gasteiger partial charge is 0.458 e. The molecule has 0 saturated carbocycles. The maximum Gasteiger partial charge on any atom is 0.320 e. The van der Waals surface area contributed by atoms with Gasteiger partial charge in [0.1, 0.15) is 5.60 Å². The summed E-state index contributed by atoms with van der Waals surface area (Å²) in [4.78, 5) is 11.8. The molecule has 0 heterocycles. The summed E-state index contributed by atoms with van der Waals surface area (Å²) in [5.74, 6) is -0.115. The highest BCUT2D eigenvalue weighted by atomic mass is 16.6. The molecule has 0 aliphatic heterocycles. The highest BCUT2D eigenvalue weighted by Crippen LogP contribution is 2.26. The van der Waals surface area contributed by atoms with Gasteiger partial charge in [0.2, 0.25) is 0 Å². The van der Waals surface area contributed by atoms with Crippen LogP contribution in [0.4, 0.5) is 0 Å². The average Bonchev–Trinajstić information content (AvgIpc) is 2.39. The third-order valence-corrected chi connectivity index (χ3v) is 3.50. The summed E-state index contributed by atoms with van der Waals surface area (Å²) in [6, 6.07) is 0. The van der Waals surface area contributed by atoms with Gasteiger partial charge in [-0.15, -0.1) is 0 Å². The van der Waals surface area contributed by atoms with Crippen molar-refractivity contribution in [2.45, 2.75) is 84.7 Å². The van der Waals surface area contributed by atoms with E-state index >= 15 is 0 Å². The van der Waals surface area contributed by atoms with Gasteiger partial charge >= 0.3 is 5.97 Å². The Morgan fingerprint density at radius 1 is 1.00 bits per heavy atom. The van der Waals surface area contributed by atoms with E-state index < -0.39 is 0 Å². The maximum absolute atomic E-state index is 11.8. The van der Waals surface area contributed by atoms with Crippen molar-refractivity contribution >= 4 is 5.97 Å². The van der Waals surface area contributed by atoms with Gasteiger partial charge in [0.25, 0.3) is 0 Å². The van der Waals surface area contributed by atoms with Gasteiger partial charge in [-0.05, 0) is 39.2 Å². The number of carbonyl (C=O) groups is 1. The van der Waals surface area contributed by atoms with Crippen molar-refractivity contribution < 1.29 is 9.53 Å². The second kappa shape index (κ2) is 11.3. The van der Waals surface area contributed by atoms with Crippen LogP contribution in [-0.4, -0.2) is 24.7 Å². The molecule has 0 bridgehead atoms. The molecule has 0 aromatic rings. The van der Waals surface area contributed by atoms with Crippen LogP contribution in [0.1, 0.15) is 79.1 Å². The molecule has 19 heavy (non-hydrogen) atoms. The van der Waals surface area contributed by atoms with Gasteiger partial charge in [0.15, 0.2) is 0 Å². The van der Waals surface area contributed by atoms with Crippen molar-refractivity contribution in [3.05, 3.63) is 0 Å². The third kappa shape index (κ3) is 9.94. The molecule has 1 atom stereocenters. The van der Waals surface area contributed by atoms with Gasteiger partial charge in [-0.1, -0.05) is 46.5 Å². The first-order chi connectivity index (χ1) is 9.08. The fraction of sp³-hybridized carbons (Fsp3) is 0.938. The average molecular weight is 271 g/mol. The highest BCUT2D eigenvalue weighted by molar-refractivity contribution is 5.72. The molecule has 0 fully saturated rings. The highest BCUT2D eigenvalue weighted by Gasteiger charge is 2.27. The monoisotopic (exact) mass is 271 g/mol. The van der Waals surface area contributed by atoms with Crippen LogP contribution in [0.3, 0.4) is 0 Å². The first kappa shape index (κ1) is 18.4. The van der Waals surface area contributed by atoms with E-state index in [9.17, 15) is 4.79 Å². The summed E-state index contributed by atoms with van der Waals surface area (Å²) in [6.07, 6.45) is 9.15. The Balaban J connectivity index is 4.19. The first-order valence-electron chi connectivity index (χ1n) is 8.00. The van der Waals surface area contributed by atoms with Crippen molar-refractivity contribution in [2.24, 2.45) is 0 Å². The molecule has 0 aromatic heterocycles. The van der Waals surface area contributed by atoms with Crippen LogP contribution in [0.2, 0.25) is 0 Å². The lowest BCUT2D eigenvalue weighted by Crippen LogP contribution is -2.36. The van der Waals surface area contributed by atoms with Crippen LogP contribution in [0, 0.1) is 0 Å². The van der Waals surface area contributed by atoms with Gasteiger partial charge in [-0.3, -0.25) is 4.79 Å². The molecule has 1 unspecified atom stereocenters. The van der Waals surface area contributed by atoms with Gasteiger partial charge in [-0.2, -0.15) is 0 Å². The molecule has 0 aliphatic carbocycles. The van der Waals surface area contributed by atoms with E-state index in [4.69, 9.17) is 4.74 Å². The predicted octanol–water partition coefficient (Wildman–Crippen LogP) is 4.06. The molecular weight excluding hydrogens is 238 g/mol. The Hall–Kier alpha value is -0.570. The Labute approximate surface area is 119 Å². The lowest BCUT2D eigenvalue weighted by molar-refractivity contribution is -0.158. The van der Waals surface area contributed by atoms with Gasteiger partial charge in [-0.25, -0.2) is 0 Å². The zero-order valence-electron chi connectivity index (χ0n) is 13.4. The van der Waals surface area contributed by atoms with Gasteiger partial charge in [0.05, 0.1) is 6.54 Å². The van der Waals surface area contributed by atoms with Crippen LogP contribution in [0.15, 0.2) is 0 Å². The molecule has 0 aliphatic rings. The summed E-state index contributed by atoms with van der Waals surface area (Å²) in [7, 11) is 0. The van der Waals surface area contributed by atoms with Crippen LogP contribution in [-0.2, 0) is 9.53 Å². The first-order valence-corrected chi connectivity index (χ1v) is 8.00. The summed E-state index contributed by atoms with van der Waals surface area (Å²) in [6.45, 7) is 9.61. The Kier molecular flexibility index (Phi) is 10.9. The van der Waals surface area contributed by atoms with Crippen LogP contribution in [0.5, 0.6) is 0 Å². The summed E-state index contributed by atoms with van der Waals surface area (Å²) >= 11 is 0. The molecule has 114 valence electrons. The molecule has 0 rings (SSSR count). The lowest BCUT2D eigenvalue weighted by Gasteiger charge is -2.30. The summed E-state index contributed by atoms with van der Waals surface area (Å²) in [5, 5.41) is 3.03. The standard InChI is InChI=1S/C16H33NO2/c1-5-8-10-11-13-16(4,12-9-6-2)19-15(18)14-17-7-3/h17H,5-14H2,1-4H3. The Morgan fingerprint density at radius 3 is 2.21 bits per heavy atom. The van der Waals surface area contributed by atoms with E-state index in [1.165, 1.54) is 19.3 Å². The summed E-state index contributed by atoms with van der Waals surface area (Å²) < 4.78 is 5.72. The minimum absolute atomic E-state index is 0.115. The number of hydrogen-bond donors (Lipinski definition) is 1. The molecule has 0 aromatic carbocycles. The number of hydrogen-bond acceptors (Lipinski definition) is 3. The van der Waals surface area contributed by atoms with Crippen molar-refractivity contribution in [1.29, 1.82) is 0 Å². The number of carbonyl (C=O) groups excluding carboxylic acids is 1. The Bertz CT molecular complexity index is 231. The second-order valence-electron chi connectivity index (χ2n) is 5.62. The van der Waals surface area contributed by atoms with Gasteiger partial charge in [0, 0.05) is 0 Å². The van der Waals surface area contributed by atoms with E-state index in [1.54, 1.807) is 0 Å². The molecule has 0 saturated heterocycles. The molecule has 1 N–H and O–H groups in total. The van der Waals surface area contributed by atoms with Crippen molar-refractivity contribution in [2.75, 3.05) is 13.1 Å². The minimum atomic E-state index is -0.268. The molecule has 0 radical (unpaired) electrons. The number of likely N-dealkylation sites (N-methyl/N-ethyl adjacent to an activating group) is 1. The molecule has 3 heteroatoms. The zero-order chi connectivity index (χ0) is 14.6. The van der Waals surface area contributed by atoms with E-state index in [2.05, 4.69) is 26.1 Å². The van der Waals surface area contributed by atoms with Crippen LogP contribution in [0.25, 0.3) is 0 Å². The second-order valence-corrected chi connectivity index (χ2v) is 5.62. The normalized spacial score (nSPS) is 14.1. The molecule has 3 nitrogen and oxygen atoms in total. The summed E-state index contributed by atoms with van der Waals surface area (Å²) in [5.41, 5.74) is -0.268. The number of esters is 1. The van der Waals surface area contributed by atoms with E-state index in [-0.39, 0.29) is 11.6 Å². The molecule has 0 amide bonds. The van der Waals surface area contributed by atoms with E-state index in [0.717, 1.165) is 38.6 Å². The van der Waals surface area contributed by atoms with Crippen molar-refractivity contribution in [3.8, 4) is 0 Å². The van der Waals surface area contributed by atoms with Crippen LogP contribution >= 0.6 is 0 Å². The third-order valence-electron chi connectivity index (χ3n) is 3.50. The van der Waals surface area contributed by atoms with Crippen molar-refractivity contribution in [1.82, 2.24) is 5.32 Å². The topological polar surface area (TPSA) is 38.3 Å². The van der Waals surface area contributed by atoms with Crippen molar-refractivity contribution in [3.63, 3.8) is 0 Å². The zero-order valence-corrected chi connectivity index (χ0v) is 13.4. The number of unbranched alkanes of at least 4 members (excludes halogenated alkanes) is 4. The predicted molar refractivity (Wildman–Crippen MR) is 81.3 cm³/mol. The van der Waals surface area contributed by atoms with E-state index in [0.29, 0.717) is 6.54 Å². The smallest absolute Gasteiger partial charge is 0.320 e. The fourth-order valence-corrected chi connectivity index (χ4v) is 2.24. The maximum atomic E-state index is 11.8. The number of ether oxygens (including phenoxy) is 1. The Morgan fingerprint density at radius 2 is 1.63 bits per heavy atom.